The largest absolute Gasteiger partial charge is 0.356 e. The lowest BCUT2D eigenvalue weighted by atomic mass is 9.89. The summed E-state index contributed by atoms with van der Waals surface area (Å²) in [5.41, 5.74) is 3.05. The molecular formula is C24H29F2N3O. The van der Waals surface area contributed by atoms with E-state index in [0.29, 0.717) is 0 Å². The summed E-state index contributed by atoms with van der Waals surface area (Å²) in [6.07, 6.45) is 4.16. The lowest BCUT2D eigenvalue weighted by Gasteiger charge is -2.39. The summed E-state index contributed by atoms with van der Waals surface area (Å²) in [5.74, 6) is -0.186. The minimum Gasteiger partial charge on any atom is -0.356 e. The lowest BCUT2D eigenvalue weighted by molar-refractivity contribution is -0.118. The third-order valence-electron chi connectivity index (χ3n) is 6.27. The molecule has 2 aromatic rings. The van der Waals surface area contributed by atoms with Crippen LogP contribution in [0.4, 0.5) is 20.2 Å². The number of unbranched alkanes of at least 4 members (excludes halogenated alkanes) is 2. The average molecular weight is 414 g/mol. The van der Waals surface area contributed by atoms with Crippen molar-refractivity contribution in [1.82, 2.24) is 10.2 Å². The van der Waals surface area contributed by atoms with E-state index in [2.05, 4.69) is 15.1 Å². The number of likely N-dealkylation sites (tertiary alicyclic amines) is 1. The van der Waals surface area contributed by atoms with Gasteiger partial charge in [-0.15, -0.1) is 0 Å². The predicted octanol–water partition coefficient (Wildman–Crippen LogP) is 4.58. The number of hydrogen-bond acceptors (Lipinski definition) is 3. The monoisotopic (exact) mass is 413 g/mol. The van der Waals surface area contributed by atoms with E-state index in [9.17, 15) is 13.6 Å². The fourth-order valence-corrected chi connectivity index (χ4v) is 4.88. The van der Waals surface area contributed by atoms with Crippen LogP contribution in [0.3, 0.4) is 0 Å². The van der Waals surface area contributed by atoms with Crippen LogP contribution in [0.1, 0.15) is 44.1 Å². The van der Waals surface area contributed by atoms with Gasteiger partial charge in [-0.25, -0.2) is 8.78 Å². The van der Waals surface area contributed by atoms with Crippen molar-refractivity contribution in [1.29, 1.82) is 0 Å². The minimum atomic E-state index is -0.248. The third-order valence-corrected chi connectivity index (χ3v) is 6.27. The fraction of sp³-hybridized carbons (Fsp3) is 0.458. The smallest absolute Gasteiger partial charge is 0.216 e. The van der Waals surface area contributed by atoms with Gasteiger partial charge in [0.05, 0.1) is 0 Å². The zero-order valence-electron chi connectivity index (χ0n) is 17.4. The van der Waals surface area contributed by atoms with Gasteiger partial charge in [-0.2, -0.15) is 0 Å². The van der Waals surface area contributed by atoms with Crippen LogP contribution in [0.15, 0.2) is 42.5 Å². The van der Waals surface area contributed by atoms with Crippen molar-refractivity contribution in [3.05, 3.63) is 59.7 Å². The maximum atomic E-state index is 14.1. The van der Waals surface area contributed by atoms with Crippen LogP contribution in [0.25, 0.3) is 0 Å². The number of anilines is 2. The number of halogens is 2. The Morgan fingerprint density at radius 2 is 1.83 bits per heavy atom. The number of nitrogens with zero attached hydrogens (tertiary/aromatic N) is 2. The second-order valence-corrected chi connectivity index (χ2v) is 8.36. The molecule has 160 valence electrons. The van der Waals surface area contributed by atoms with Gasteiger partial charge < -0.3 is 15.1 Å². The number of fused-ring (bicyclic) bond motifs is 3. The average Bonchev–Trinajstić information content (AvgIpc) is 3.04. The molecule has 2 aliphatic heterocycles. The summed E-state index contributed by atoms with van der Waals surface area (Å²) in [6.45, 7) is 5.21. The molecule has 2 aromatic carbocycles. The van der Waals surface area contributed by atoms with E-state index in [1.165, 1.54) is 18.2 Å². The van der Waals surface area contributed by atoms with Gasteiger partial charge >= 0.3 is 0 Å². The molecule has 0 radical (unpaired) electrons. The van der Waals surface area contributed by atoms with Crippen molar-refractivity contribution in [2.24, 2.45) is 0 Å². The first-order chi connectivity index (χ1) is 14.5. The molecule has 1 fully saturated rings. The van der Waals surface area contributed by atoms with E-state index in [1.54, 1.807) is 13.0 Å². The fourth-order valence-electron chi connectivity index (χ4n) is 4.88. The van der Waals surface area contributed by atoms with Gasteiger partial charge in [0.1, 0.15) is 11.6 Å². The first-order valence-electron chi connectivity index (χ1n) is 10.8. The van der Waals surface area contributed by atoms with E-state index >= 15 is 0 Å². The van der Waals surface area contributed by atoms with Gasteiger partial charge in [0.2, 0.25) is 5.91 Å². The summed E-state index contributed by atoms with van der Waals surface area (Å²) in [6, 6.07) is 11.9. The molecule has 0 spiro atoms. The molecule has 2 heterocycles. The highest BCUT2D eigenvalue weighted by Crippen LogP contribution is 2.48. The van der Waals surface area contributed by atoms with Crippen LogP contribution in [0, 0.1) is 11.6 Å². The number of amides is 1. The van der Waals surface area contributed by atoms with Crippen LogP contribution >= 0.6 is 0 Å². The third kappa shape index (κ3) is 4.48. The number of carbonyl (C=O) groups excluding carboxylic acids is 1. The molecular weight excluding hydrogens is 384 g/mol. The van der Waals surface area contributed by atoms with Crippen molar-refractivity contribution >= 4 is 17.3 Å². The second kappa shape index (κ2) is 9.13. The standard InChI is InChI=1S/C24H29F2N3O/c1-17(30)27-12-3-2-4-13-28-14-11-24-22(16-28)21-15-19(26)7-10-23(21)29(24)20-8-5-18(25)6-9-20/h5-10,15,22,24H,2-4,11-14,16H2,1H3,(H,27,30)/t22?,24-/m1/s1. The maximum Gasteiger partial charge on any atom is 0.216 e. The van der Waals surface area contributed by atoms with Crippen molar-refractivity contribution in [3.8, 4) is 0 Å². The summed E-state index contributed by atoms with van der Waals surface area (Å²) < 4.78 is 27.5. The number of nitrogens with one attached hydrogen (secondary N) is 1. The molecule has 1 amide bonds. The van der Waals surface area contributed by atoms with Gasteiger partial charge in [0.15, 0.2) is 0 Å². The molecule has 30 heavy (non-hydrogen) atoms. The molecule has 4 nitrogen and oxygen atoms in total. The molecule has 0 bridgehead atoms. The molecule has 1 unspecified atom stereocenters. The van der Waals surface area contributed by atoms with Crippen LogP contribution < -0.4 is 10.2 Å². The molecule has 2 aliphatic rings. The molecule has 1 saturated heterocycles. The molecule has 2 atom stereocenters. The number of piperidine rings is 1. The Balaban J connectivity index is 1.43. The topological polar surface area (TPSA) is 35.6 Å². The Hall–Kier alpha value is -2.47. The Bertz CT molecular complexity index is 887. The molecule has 4 rings (SSSR count). The van der Waals surface area contributed by atoms with Gasteiger partial charge in [-0.3, -0.25) is 4.79 Å². The highest BCUT2D eigenvalue weighted by Gasteiger charge is 2.42. The number of carbonyl (C=O) groups is 1. The summed E-state index contributed by atoms with van der Waals surface area (Å²) in [4.78, 5) is 15.7. The summed E-state index contributed by atoms with van der Waals surface area (Å²) in [5, 5.41) is 2.84. The van der Waals surface area contributed by atoms with Crippen LogP contribution in [0.2, 0.25) is 0 Å². The summed E-state index contributed by atoms with van der Waals surface area (Å²) in [7, 11) is 0. The maximum absolute atomic E-state index is 14.1. The van der Waals surface area contributed by atoms with E-state index in [1.807, 2.05) is 18.2 Å². The van der Waals surface area contributed by atoms with Crippen LogP contribution in [-0.4, -0.2) is 43.0 Å². The van der Waals surface area contributed by atoms with E-state index in [4.69, 9.17) is 0 Å². The quantitative estimate of drug-likeness (QED) is 0.675. The molecule has 6 heteroatoms. The molecule has 1 N–H and O–H groups in total. The SMILES string of the molecule is CC(=O)NCCCCCN1CC[C@@H]2C(C1)c1cc(F)ccc1N2c1ccc(F)cc1. The molecule has 0 aromatic heterocycles. The number of benzene rings is 2. The minimum absolute atomic E-state index is 0.0231. The van der Waals surface area contributed by atoms with E-state index in [-0.39, 0.29) is 29.5 Å². The van der Waals surface area contributed by atoms with Gasteiger partial charge in [0, 0.05) is 49.9 Å². The normalized spacial score (nSPS) is 20.7. The molecule has 0 saturated carbocycles. The predicted molar refractivity (Wildman–Crippen MR) is 115 cm³/mol. The van der Waals surface area contributed by atoms with E-state index < -0.39 is 0 Å². The summed E-state index contributed by atoms with van der Waals surface area (Å²) >= 11 is 0. The highest BCUT2D eigenvalue weighted by molar-refractivity contribution is 5.73. The van der Waals surface area contributed by atoms with Gasteiger partial charge in [-0.1, -0.05) is 6.42 Å². The zero-order chi connectivity index (χ0) is 21.1. The van der Waals surface area contributed by atoms with Crippen LogP contribution in [0.5, 0.6) is 0 Å². The lowest BCUT2D eigenvalue weighted by Crippen LogP contribution is -2.45. The highest BCUT2D eigenvalue weighted by atomic mass is 19.1. The number of rotatable bonds is 7. The van der Waals surface area contributed by atoms with Gasteiger partial charge in [-0.05, 0) is 73.8 Å². The van der Waals surface area contributed by atoms with Crippen molar-refractivity contribution in [3.63, 3.8) is 0 Å². The Morgan fingerprint density at radius 3 is 2.60 bits per heavy atom. The van der Waals surface area contributed by atoms with E-state index in [0.717, 1.165) is 68.8 Å². The first kappa shape index (κ1) is 20.8. The second-order valence-electron chi connectivity index (χ2n) is 8.36. The number of hydrogen-bond donors (Lipinski definition) is 1. The Morgan fingerprint density at radius 1 is 1.07 bits per heavy atom. The Labute approximate surface area is 176 Å². The Kier molecular flexibility index (Phi) is 6.32. The van der Waals surface area contributed by atoms with Crippen molar-refractivity contribution in [2.45, 2.75) is 44.6 Å². The zero-order valence-corrected chi connectivity index (χ0v) is 17.4. The first-order valence-corrected chi connectivity index (χ1v) is 10.8. The molecule has 0 aliphatic carbocycles. The van der Waals surface area contributed by atoms with Gasteiger partial charge in [0.25, 0.3) is 0 Å². The van der Waals surface area contributed by atoms with Crippen molar-refractivity contribution < 1.29 is 13.6 Å². The van der Waals surface area contributed by atoms with Crippen molar-refractivity contribution in [2.75, 3.05) is 31.1 Å². The van der Waals surface area contributed by atoms with Crippen LogP contribution in [-0.2, 0) is 4.79 Å².